The summed E-state index contributed by atoms with van der Waals surface area (Å²) in [6.45, 7) is 3.38. The van der Waals surface area contributed by atoms with E-state index in [2.05, 4.69) is 5.32 Å². The molecule has 6 heteroatoms. The van der Waals surface area contributed by atoms with Gasteiger partial charge in [0.1, 0.15) is 0 Å². The second-order valence-corrected chi connectivity index (χ2v) is 7.49. The standard InChI is InChI=1S/C14H22ClNO3S/c1-11(10-17)5-4-8-16-9-12-13(15)6-3-7-14(12)20(2,18)19/h3,6-7,11,16-17H,4-5,8-10H2,1-2H3. The molecule has 0 aliphatic heterocycles. The second-order valence-electron chi connectivity index (χ2n) is 5.10. The van der Waals surface area contributed by atoms with Crippen LogP contribution in [0.3, 0.4) is 0 Å². The highest BCUT2D eigenvalue weighted by Crippen LogP contribution is 2.23. The van der Waals surface area contributed by atoms with Crippen LogP contribution in [-0.2, 0) is 16.4 Å². The third-order valence-electron chi connectivity index (χ3n) is 3.14. The lowest BCUT2D eigenvalue weighted by Crippen LogP contribution is -2.18. The lowest BCUT2D eigenvalue weighted by Gasteiger charge is -2.12. The molecule has 0 bridgehead atoms. The number of hydrogen-bond donors (Lipinski definition) is 2. The minimum Gasteiger partial charge on any atom is -0.396 e. The Morgan fingerprint density at radius 1 is 1.40 bits per heavy atom. The van der Waals surface area contributed by atoms with E-state index in [0.717, 1.165) is 19.4 Å². The first-order valence-corrected chi connectivity index (χ1v) is 8.92. The summed E-state index contributed by atoms with van der Waals surface area (Å²) in [5.41, 5.74) is 0.617. The number of hydrogen-bond acceptors (Lipinski definition) is 4. The normalized spacial score (nSPS) is 13.4. The van der Waals surface area contributed by atoms with Gasteiger partial charge in [0.25, 0.3) is 0 Å². The minimum atomic E-state index is -3.27. The van der Waals surface area contributed by atoms with Gasteiger partial charge in [0, 0.05) is 30.0 Å². The van der Waals surface area contributed by atoms with Crippen LogP contribution < -0.4 is 5.32 Å². The zero-order valence-electron chi connectivity index (χ0n) is 11.9. The van der Waals surface area contributed by atoms with E-state index >= 15 is 0 Å². The number of nitrogens with one attached hydrogen (secondary N) is 1. The van der Waals surface area contributed by atoms with Crippen LogP contribution in [-0.4, -0.2) is 32.9 Å². The largest absolute Gasteiger partial charge is 0.396 e. The van der Waals surface area contributed by atoms with Crippen LogP contribution in [0, 0.1) is 5.92 Å². The molecule has 20 heavy (non-hydrogen) atoms. The van der Waals surface area contributed by atoms with Crippen molar-refractivity contribution in [1.29, 1.82) is 0 Å². The molecule has 1 rings (SSSR count). The van der Waals surface area contributed by atoms with Crippen molar-refractivity contribution in [2.75, 3.05) is 19.4 Å². The maximum Gasteiger partial charge on any atom is 0.175 e. The lowest BCUT2D eigenvalue weighted by atomic mass is 10.1. The van der Waals surface area contributed by atoms with Crippen LogP contribution in [0.2, 0.25) is 5.02 Å². The fourth-order valence-electron chi connectivity index (χ4n) is 1.94. The molecular weight excluding hydrogens is 298 g/mol. The average Bonchev–Trinajstić information content (AvgIpc) is 2.38. The van der Waals surface area contributed by atoms with Crippen molar-refractivity contribution >= 4 is 21.4 Å². The molecule has 1 aromatic carbocycles. The molecule has 0 saturated carbocycles. The molecule has 0 fully saturated rings. The third kappa shape index (κ3) is 5.40. The Labute approximate surface area is 126 Å². The number of sulfone groups is 1. The minimum absolute atomic E-state index is 0.197. The zero-order chi connectivity index (χ0) is 15.2. The van der Waals surface area contributed by atoms with Gasteiger partial charge in [0.2, 0.25) is 0 Å². The Bertz CT molecular complexity index is 531. The van der Waals surface area contributed by atoms with E-state index in [4.69, 9.17) is 16.7 Å². The lowest BCUT2D eigenvalue weighted by molar-refractivity contribution is 0.228. The summed E-state index contributed by atoms with van der Waals surface area (Å²) in [5.74, 6) is 0.295. The Kier molecular flexibility index (Phi) is 6.95. The topological polar surface area (TPSA) is 66.4 Å². The highest BCUT2D eigenvalue weighted by atomic mass is 35.5. The van der Waals surface area contributed by atoms with Gasteiger partial charge in [-0.05, 0) is 37.4 Å². The van der Waals surface area contributed by atoms with E-state index in [1.54, 1.807) is 18.2 Å². The van der Waals surface area contributed by atoms with Crippen molar-refractivity contribution in [2.45, 2.75) is 31.2 Å². The first-order valence-electron chi connectivity index (χ1n) is 6.65. The summed E-state index contributed by atoms with van der Waals surface area (Å²) in [4.78, 5) is 0.279. The van der Waals surface area contributed by atoms with Crippen molar-refractivity contribution in [3.8, 4) is 0 Å². The van der Waals surface area contributed by atoms with Crippen molar-refractivity contribution in [3.05, 3.63) is 28.8 Å². The van der Waals surface area contributed by atoms with E-state index < -0.39 is 9.84 Å². The Morgan fingerprint density at radius 2 is 2.10 bits per heavy atom. The molecular formula is C14H22ClNO3S. The van der Waals surface area contributed by atoms with Crippen molar-refractivity contribution in [1.82, 2.24) is 5.32 Å². The molecule has 0 radical (unpaired) electrons. The summed E-state index contributed by atoms with van der Waals surface area (Å²) in [6, 6.07) is 4.91. The third-order valence-corrected chi connectivity index (χ3v) is 4.67. The quantitative estimate of drug-likeness (QED) is 0.721. The van der Waals surface area contributed by atoms with Crippen LogP contribution in [0.1, 0.15) is 25.3 Å². The van der Waals surface area contributed by atoms with Crippen LogP contribution in [0.25, 0.3) is 0 Å². The Hall–Kier alpha value is -0.620. The van der Waals surface area contributed by atoms with E-state index in [9.17, 15) is 8.42 Å². The van der Waals surface area contributed by atoms with E-state index in [1.807, 2.05) is 6.92 Å². The molecule has 0 heterocycles. The number of benzene rings is 1. The van der Waals surface area contributed by atoms with Gasteiger partial charge in [-0.2, -0.15) is 0 Å². The molecule has 4 nitrogen and oxygen atoms in total. The number of rotatable bonds is 8. The number of aliphatic hydroxyl groups excluding tert-OH is 1. The van der Waals surface area contributed by atoms with Crippen LogP contribution in [0.5, 0.6) is 0 Å². The van der Waals surface area contributed by atoms with Gasteiger partial charge in [-0.3, -0.25) is 0 Å². The summed E-state index contributed by atoms with van der Waals surface area (Å²) >= 11 is 6.08. The Morgan fingerprint density at radius 3 is 2.70 bits per heavy atom. The van der Waals surface area contributed by atoms with Gasteiger partial charge in [-0.1, -0.05) is 24.6 Å². The van der Waals surface area contributed by atoms with Crippen molar-refractivity contribution in [3.63, 3.8) is 0 Å². The van der Waals surface area contributed by atoms with Gasteiger partial charge < -0.3 is 10.4 Å². The van der Waals surface area contributed by atoms with Crippen molar-refractivity contribution in [2.24, 2.45) is 5.92 Å². The van der Waals surface area contributed by atoms with E-state index in [1.165, 1.54) is 6.26 Å². The Balaban J connectivity index is 2.60. The molecule has 1 unspecified atom stereocenters. The molecule has 0 aliphatic rings. The molecule has 0 aromatic heterocycles. The maximum absolute atomic E-state index is 11.7. The molecule has 0 amide bonds. The summed E-state index contributed by atoms with van der Waals surface area (Å²) in [7, 11) is -3.27. The number of aliphatic hydroxyl groups is 1. The summed E-state index contributed by atoms with van der Waals surface area (Å²) in [6.07, 6.45) is 3.05. The van der Waals surface area contributed by atoms with E-state index in [-0.39, 0.29) is 11.5 Å². The number of halogens is 1. The fourth-order valence-corrected chi connectivity index (χ4v) is 3.19. The predicted octanol–water partition coefficient (Wildman–Crippen LogP) is 2.24. The predicted molar refractivity (Wildman–Crippen MR) is 81.8 cm³/mol. The monoisotopic (exact) mass is 319 g/mol. The van der Waals surface area contributed by atoms with Crippen LogP contribution in [0.15, 0.2) is 23.1 Å². The SMILES string of the molecule is CC(CO)CCCNCc1c(Cl)cccc1S(C)(=O)=O. The molecule has 2 N–H and O–H groups in total. The summed E-state index contributed by atoms with van der Waals surface area (Å²) in [5, 5.41) is 12.6. The van der Waals surface area contributed by atoms with Gasteiger partial charge in [-0.25, -0.2) is 8.42 Å². The van der Waals surface area contributed by atoms with Gasteiger partial charge in [-0.15, -0.1) is 0 Å². The molecule has 1 atom stereocenters. The molecule has 1 aromatic rings. The highest BCUT2D eigenvalue weighted by molar-refractivity contribution is 7.90. The molecule has 0 aliphatic carbocycles. The first-order chi connectivity index (χ1) is 9.36. The van der Waals surface area contributed by atoms with Crippen LogP contribution >= 0.6 is 11.6 Å². The van der Waals surface area contributed by atoms with Gasteiger partial charge in [0.15, 0.2) is 9.84 Å². The smallest absolute Gasteiger partial charge is 0.175 e. The van der Waals surface area contributed by atoms with Gasteiger partial charge in [0.05, 0.1) is 4.90 Å². The fraction of sp³-hybridized carbons (Fsp3) is 0.571. The first kappa shape index (κ1) is 17.4. The van der Waals surface area contributed by atoms with E-state index in [0.29, 0.717) is 23.0 Å². The molecule has 114 valence electrons. The van der Waals surface area contributed by atoms with Crippen LogP contribution in [0.4, 0.5) is 0 Å². The van der Waals surface area contributed by atoms with Crippen molar-refractivity contribution < 1.29 is 13.5 Å². The van der Waals surface area contributed by atoms with Gasteiger partial charge >= 0.3 is 0 Å². The average molecular weight is 320 g/mol. The zero-order valence-corrected chi connectivity index (χ0v) is 13.5. The molecule has 0 spiro atoms. The second kappa shape index (κ2) is 7.98. The molecule has 0 saturated heterocycles. The highest BCUT2D eigenvalue weighted by Gasteiger charge is 2.15. The summed E-state index contributed by atoms with van der Waals surface area (Å²) < 4.78 is 23.4. The maximum atomic E-state index is 11.7.